The molecular formula is C22H20BrNO2. The first-order valence-corrected chi connectivity index (χ1v) is 9.42. The van der Waals surface area contributed by atoms with Gasteiger partial charge in [-0.15, -0.1) is 0 Å². The summed E-state index contributed by atoms with van der Waals surface area (Å²) in [5.41, 5.74) is 2.43. The minimum absolute atomic E-state index is 0.0909. The Morgan fingerprint density at radius 2 is 1.81 bits per heavy atom. The highest BCUT2D eigenvalue weighted by Crippen LogP contribution is 2.28. The Labute approximate surface area is 161 Å². The second kappa shape index (κ2) is 8.28. The number of rotatable bonds is 7. The summed E-state index contributed by atoms with van der Waals surface area (Å²) in [5.74, 6) is 0.188. The molecule has 0 amide bonds. The molecule has 0 saturated heterocycles. The molecule has 3 nitrogen and oxygen atoms in total. The standard InChI is InChI=1S/C22H20BrNO2/c1-2-21(26)16-7-5-8-18(12-16)24-14-19(25)13-17-11-10-15-6-3-4-9-20(15)22(17)23/h3-12,24H,2,13-14H2,1H3. The zero-order valence-electron chi connectivity index (χ0n) is 14.6. The molecule has 1 N–H and O–H groups in total. The van der Waals surface area contributed by atoms with Crippen molar-refractivity contribution in [1.29, 1.82) is 0 Å². The van der Waals surface area contributed by atoms with Crippen molar-refractivity contribution < 1.29 is 9.59 Å². The van der Waals surface area contributed by atoms with Crippen LogP contribution in [0.25, 0.3) is 10.8 Å². The van der Waals surface area contributed by atoms with Crippen LogP contribution >= 0.6 is 15.9 Å². The Hall–Kier alpha value is -2.46. The Balaban J connectivity index is 1.66. The van der Waals surface area contributed by atoms with Gasteiger partial charge in [0.25, 0.3) is 0 Å². The van der Waals surface area contributed by atoms with Gasteiger partial charge < -0.3 is 5.32 Å². The van der Waals surface area contributed by atoms with Gasteiger partial charge in [0.05, 0.1) is 6.54 Å². The third kappa shape index (κ3) is 4.20. The molecule has 26 heavy (non-hydrogen) atoms. The van der Waals surface area contributed by atoms with Crippen LogP contribution in [0, 0.1) is 0 Å². The molecule has 3 aromatic carbocycles. The monoisotopic (exact) mass is 409 g/mol. The van der Waals surface area contributed by atoms with Crippen molar-refractivity contribution in [2.24, 2.45) is 0 Å². The van der Waals surface area contributed by atoms with Gasteiger partial charge in [0.15, 0.2) is 11.6 Å². The summed E-state index contributed by atoms with van der Waals surface area (Å²) in [5, 5.41) is 5.38. The number of Topliss-reactive ketones (excluding diaryl/α,β-unsaturated/α-hetero) is 2. The van der Waals surface area contributed by atoms with Crippen molar-refractivity contribution in [3.05, 3.63) is 76.3 Å². The normalized spacial score (nSPS) is 10.7. The molecule has 0 aromatic heterocycles. The van der Waals surface area contributed by atoms with Gasteiger partial charge in [-0.2, -0.15) is 0 Å². The Morgan fingerprint density at radius 3 is 2.62 bits per heavy atom. The highest BCUT2D eigenvalue weighted by molar-refractivity contribution is 9.10. The Bertz CT molecular complexity index is 965. The third-order valence-electron chi connectivity index (χ3n) is 4.33. The molecule has 0 aliphatic carbocycles. The van der Waals surface area contributed by atoms with Gasteiger partial charge in [0.1, 0.15) is 0 Å². The molecule has 0 bridgehead atoms. The van der Waals surface area contributed by atoms with Gasteiger partial charge in [-0.25, -0.2) is 0 Å². The third-order valence-corrected chi connectivity index (χ3v) is 5.26. The van der Waals surface area contributed by atoms with Crippen molar-refractivity contribution >= 4 is 44.0 Å². The van der Waals surface area contributed by atoms with Crippen LogP contribution in [0.1, 0.15) is 29.3 Å². The highest BCUT2D eigenvalue weighted by atomic mass is 79.9. The van der Waals surface area contributed by atoms with Crippen LogP contribution in [-0.2, 0) is 11.2 Å². The van der Waals surface area contributed by atoms with Gasteiger partial charge in [-0.1, -0.05) is 55.5 Å². The zero-order chi connectivity index (χ0) is 18.5. The minimum Gasteiger partial charge on any atom is -0.378 e. The number of halogens is 1. The summed E-state index contributed by atoms with van der Waals surface area (Å²) >= 11 is 3.63. The van der Waals surface area contributed by atoms with Crippen LogP contribution in [0.3, 0.4) is 0 Å². The number of hydrogen-bond acceptors (Lipinski definition) is 3. The molecule has 0 fully saturated rings. The van der Waals surface area contributed by atoms with Crippen molar-refractivity contribution in [2.75, 3.05) is 11.9 Å². The lowest BCUT2D eigenvalue weighted by molar-refractivity contribution is -0.116. The molecule has 3 aromatic rings. The van der Waals surface area contributed by atoms with Gasteiger partial charge in [0.2, 0.25) is 0 Å². The highest BCUT2D eigenvalue weighted by Gasteiger charge is 2.10. The van der Waals surface area contributed by atoms with Gasteiger partial charge in [0, 0.05) is 28.6 Å². The van der Waals surface area contributed by atoms with Gasteiger partial charge >= 0.3 is 0 Å². The Morgan fingerprint density at radius 1 is 1.00 bits per heavy atom. The molecule has 0 unspecified atom stereocenters. The van der Waals surface area contributed by atoms with Crippen LogP contribution in [0.15, 0.2) is 65.1 Å². The summed E-state index contributed by atoms with van der Waals surface area (Å²) in [6, 6.07) is 19.4. The fraction of sp³-hybridized carbons (Fsp3) is 0.182. The molecule has 0 spiro atoms. The lowest BCUT2D eigenvalue weighted by Gasteiger charge is -2.10. The smallest absolute Gasteiger partial charge is 0.162 e. The first-order valence-electron chi connectivity index (χ1n) is 8.63. The number of fused-ring (bicyclic) bond motifs is 1. The summed E-state index contributed by atoms with van der Waals surface area (Å²) < 4.78 is 0.972. The quantitative estimate of drug-likeness (QED) is 0.529. The number of anilines is 1. The average Bonchev–Trinajstić information content (AvgIpc) is 2.68. The fourth-order valence-electron chi connectivity index (χ4n) is 2.90. The number of nitrogens with one attached hydrogen (secondary N) is 1. The van der Waals surface area contributed by atoms with Crippen LogP contribution in [0.4, 0.5) is 5.69 Å². The van der Waals surface area contributed by atoms with E-state index < -0.39 is 0 Å². The van der Waals surface area contributed by atoms with Crippen molar-refractivity contribution in [2.45, 2.75) is 19.8 Å². The van der Waals surface area contributed by atoms with E-state index in [9.17, 15) is 9.59 Å². The molecule has 0 aliphatic heterocycles. The lowest BCUT2D eigenvalue weighted by Crippen LogP contribution is -2.16. The maximum atomic E-state index is 12.4. The molecule has 0 aliphatic rings. The largest absolute Gasteiger partial charge is 0.378 e. The van der Waals surface area contributed by atoms with Crippen LogP contribution < -0.4 is 5.32 Å². The van der Waals surface area contributed by atoms with Crippen LogP contribution in [0.5, 0.6) is 0 Å². The second-order valence-electron chi connectivity index (χ2n) is 6.19. The number of benzene rings is 3. The van der Waals surface area contributed by atoms with E-state index in [-0.39, 0.29) is 18.1 Å². The van der Waals surface area contributed by atoms with Gasteiger partial charge in [-0.3, -0.25) is 9.59 Å². The van der Waals surface area contributed by atoms with Crippen molar-refractivity contribution in [1.82, 2.24) is 0 Å². The van der Waals surface area contributed by atoms with E-state index in [0.29, 0.717) is 18.4 Å². The summed E-state index contributed by atoms with van der Waals surface area (Å²) in [7, 11) is 0. The molecule has 132 valence electrons. The summed E-state index contributed by atoms with van der Waals surface area (Å²) in [6.45, 7) is 2.07. The minimum atomic E-state index is 0.0909. The van der Waals surface area contributed by atoms with E-state index in [1.807, 2.05) is 49.4 Å². The first kappa shape index (κ1) is 18.3. The molecule has 0 saturated carbocycles. The van der Waals surface area contributed by atoms with Gasteiger partial charge in [-0.05, 0) is 44.4 Å². The SMILES string of the molecule is CCC(=O)c1cccc(NCC(=O)Cc2ccc3ccccc3c2Br)c1. The maximum Gasteiger partial charge on any atom is 0.162 e. The predicted octanol–water partition coefficient (Wildman–Crippen LogP) is 5.42. The van der Waals surface area contributed by atoms with E-state index in [1.54, 1.807) is 12.1 Å². The van der Waals surface area contributed by atoms with Crippen molar-refractivity contribution in [3.63, 3.8) is 0 Å². The molecule has 0 atom stereocenters. The Kier molecular flexibility index (Phi) is 5.84. The van der Waals surface area contributed by atoms with Crippen LogP contribution in [0.2, 0.25) is 0 Å². The molecular weight excluding hydrogens is 390 g/mol. The summed E-state index contributed by atoms with van der Waals surface area (Å²) in [6.07, 6.45) is 0.824. The number of carbonyl (C=O) groups excluding carboxylic acids is 2. The topological polar surface area (TPSA) is 46.2 Å². The molecule has 4 heteroatoms. The predicted molar refractivity (Wildman–Crippen MR) is 110 cm³/mol. The number of hydrogen-bond donors (Lipinski definition) is 1. The van der Waals surface area contributed by atoms with E-state index in [4.69, 9.17) is 0 Å². The van der Waals surface area contributed by atoms with E-state index >= 15 is 0 Å². The zero-order valence-corrected chi connectivity index (χ0v) is 16.2. The molecule has 3 rings (SSSR count). The van der Waals surface area contributed by atoms with E-state index in [0.717, 1.165) is 26.5 Å². The van der Waals surface area contributed by atoms with Crippen molar-refractivity contribution in [3.8, 4) is 0 Å². The van der Waals surface area contributed by atoms with E-state index in [2.05, 4.69) is 27.3 Å². The average molecular weight is 410 g/mol. The maximum absolute atomic E-state index is 12.4. The fourth-order valence-corrected chi connectivity index (χ4v) is 3.53. The molecule has 0 heterocycles. The number of ketones is 2. The van der Waals surface area contributed by atoms with E-state index in [1.165, 1.54) is 0 Å². The number of carbonyl (C=O) groups is 2. The van der Waals surface area contributed by atoms with Crippen LogP contribution in [-0.4, -0.2) is 18.1 Å². The first-order chi connectivity index (χ1) is 12.6. The molecule has 0 radical (unpaired) electrons. The summed E-state index contributed by atoms with van der Waals surface area (Å²) in [4.78, 5) is 24.2. The lowest BCUT2D eigenvalue weighted by atomic mass is 10.0. The second-order valence-corrected chi connectivity index (χ2v) is 6.98.